The van der Waals surface area contributed by atoms with Crippen molar-refractivity contribution in [1.29, 1.82) is 0 Å². The minimum atomic E-state index is -3.72. The molecule has 0 aliphatic carbocycles. The van der Waals surface area contributed by atoms with Crippen molar-refractivity contribution in [2.45, 2.75) is 6.92 Å². The molecule has 0 aliphatic rings. The number of benzene rings is 1. The van der Waals surface area contributed by atoms with Crippen LogP contribution in [0.2, 0.25) is 0 Å². The van der Waals surface area contributed by atoms with Gasteiger partial charge in [0, 0.05) is 0 Å². The summed E-state index contributed by atoms with van der Waals surface area (Å²) < 4.78 is 29.2. The van der Waals surface area contributed by atoms with Crippen molar-refractivity contribution >= 4 is 21.7 Å². The maximum atomic E-state index is 11.6. The summed E-state index contributed by atoms with van der Waals surface area (Å²) in [5.74, 6) is -1.17. The van der Waals surface area contributed by atoms with Gasteiger partial charge in [0.25, 0.3) is 0 Å². The molecule has 0 saturated carbocycles. The van der Waals surface area contributed by atoms with Crippen LogP contribution in [0.25, 0.3) is 0 Å². The highest BCUT2D eigenvalue weighted by molar-refractivity contribution is 7.92. The predicted octanol–water partition coefficient (Wildman–Crippen LogP) is -0.399. The Bertz CT molecular complexity index is 526. The van der Waals surface area contributed by atoms with Crippen LogP contribution < -0.4 is 14.1 Å². The number of nitrogens with zero attached hydrogens (tertiary/aromatic N) is 1. The molecule has 6 nitrogen and oxygen atoms in total. The van der Waals surface area contributed by atoms with Crippen molar-refractivity contribution in [3.8, 4) is 5.75 Å². The number of rotatable bonds is 6. The summed E-state index contributed by atoms with van der Waals surface area (Å²) in [6, 6.07) is 6.33. The van der Waals surface area contributed by atoms with Gasteiger partial charge in [-0.3, -0.25) is 4.31 Å². The van der Waals surface area contributed by atoms with E-state index in [1.54, 1.807) is 25.1 Å². The number of hydrogen-bond donors (Lipinski definition) is 0. The number of ether oxygens (including phenoxy) is 1. The molecule has 0 radical (unpaired) electrons. The van der Waals surface area contributed by atoms with Crippen LogP contribution in [-0.4, -0.2) is 33.8 Å². The van der Waals surface area contributed by atoms with Gasteiger partial charge in [0.05, 0.1) is 31.1 Å². The second kappa shape index (κ2) is 5.72. The lowest BCUT2D eigenvalue weighted by atomic mass is 10.3. The Balaban J connectivity index is 3.25. The Labute approximate surface area is 106 Å². The van der Waals surface area contributed by atoms with Crippen molar-refractivity contribution in [2.75, 3.05) is 23.7 Å². The van der Waals surface area contributed by atoms with Crippen LogP contribution in [0, 0.1) is 0 Å². The van der Waals surface area contributed by atoms with Gasteiger partial charge in [-0.2, -0.15) is 0 Å². The predicted molar refractivity (Wildman–Crippen MR) is 64.8 cm³/mol. The summed E-state index contributed by atoms with van der Waals surface area (Å²) >= 11 is 0. The van der Waals surface area contributed by atoms with Crippen LogP contribution in [0.3, 0.4) is 0 Å². The maximum absolute atomic E-state index is 11.6. The molecule has 0 aromatic heterocycles. The fourth-order valence-corrected chi connectivity index (χ4v) is 2.29. The summed E-state index contributed by atoms with van der Waals surface area (Å²) in [6.07, 6.45) is 0.929. The zero-order chi connectivity index (χ0) is 13.8. The van der Waals surface area contributed by atoms with Crippen LogP contribution in [0.4, 0.5) is 5.69 Å². The van der Waals surface area contributed by atoms with Crippen molar-refractivity contribution in [3.63, 3.8) is 0 Å². The first-order chi connectivity index (χ1) is 8.36. The van der Waals surface area contributed by atoms with E-state index in [-0.39, 0.29) is 5.69 Å². The first-order valence-corrected chi connectivity index (χ1v) is 7.10. The van der Waals surface area contributed by atoms with Gasteiger partial charge < -0.3 is 14.6 Å². The molecule has 0 unspecified atom stereocenters. The van der Waals surface area contributed by atoms with Gasteiger partial charge in [0.15, 0.2) is 0 Å². The van der Waals surface area contributed by atoms with Crippen LogP contribution in [-0.2, 0) is 14.8 Å². The molecule has 7 heteroatoms. The number of aliphatic carboxylic acids is 1. The van der Waals surface area contributed by atoms with Crippen LogP contribution >= 0.6 is 0 Å². The number of para-hydroxylation sites is 2. The van der Waals surface area contributed by atoms with E-state index in [9.17, 15) is 18.3 Å². The fourth-order valence-electron chi connectivity index (χ4n) is 1.44. The van der Waals surface area contributed by atoms with Crippen LogP contribution in [0.5, 0.6) is 5.75 Å². The monoisotopic (exact) mass is 272 g/mol. The van der Waals surface area contributed by atoms with Gasteiger partial charge in [-0.15, -0.1) is 0 Å². The quantitative estimate of drug-likeness (QED) is 0.703. The third kappa shape index (κ3) is 3.63. The molecule has 0 saturated heterocycles. The number of hydrogen-bond acceptors (Lipinski definition) is 5. The highest BCUT2D eigenvalue weighted by Gasteiger charge is 2.20. The van der Waals surface area contributed by atoms with Crippen molar-refractivity contribution in [2.24, 2.45) is 0 Å². The van der Waals surface area contributed by atoms with E-state index < -0.39 is 22.5 Å². The standard InChI is InChI=1S/C11H15NO5S/c1-3-17-10-7-5-4-6-9(10)12(8-11(13)14)18(2,15)16/h4-7H,3,8H2,1-2H3,(H,13,14)/p-1. The van der Waals surface area contributed by atoms with Crippen LogP contribution in [0.1, 0.15) is 6.92 Å². The molecular weight excluding hydrogens is 258 g/mol. The van der Waals surface area contributed by atoms with Crippen molar-refractivity contribution < 1.29 is 23.1 Å². The Morgan fingerprint density at radius 2 is 2.00 bits per heavy atom. The summed E-state index contributed by atoms with van der Waals surface area (Å²) in [5.41, 5.74) is 0.186. The second-order valence-electron chi connectivity index (χ2n) is 3.54. The lowest BCUT2D eigenvalue weighted by molar-refractivity contribution is -0.303. The Morgan fingerprint density at radius 1 is 1.39 bits per heavy atom. The number of carbonyl (C=O) groups excluding carboxylic acids is 1. The summed E-state index contributed by atoms with van der Waals surface area (Å²) in [5, 5.41) is 10.6. The minimum absolute atomic E-state index is 0.186. The summed E-state index contributed by atoms with van der Waals surface area (Å²) in [7, 11) is -3.72. The summed E-state index contributed by atoms with van der Waals surface area (Å²) in [4.78, 5) is 10.6. The Morgan fingerprint density at radius 3 is 2.50 bits per heavy atom. The molecule has 0 N–H and O–H groups in total. The molecule has 18 heavy (non-hydrogen) atoms. The van der Waals surface area contributed by atoms with Gasteiger partial charge in [0.1, 0.15) is 5.75 Å². The topological polar surface area (TPSA) is 86.7 Å². The van der Waals surface area contributed by atoms with Crippen molar-refractivity contribution in [1.82, 2.24) is 0 Å². The molecule has 0 aliphatic heterocycles. The third-order valence-electron chi connectivity index (χ3n) is 2.11. The van der Waals surface area contributed by atoms with E-state index in [0.717, 1.165) is 10.6 Å². The Hall–Kier alpha value is -1.76. The van der Waals surface area contributed by atoms with E-state index in [0.29, 0.717) is 12.4 Å². The van der Waals surface area contributed by atoms with Gasteiger partial charge in [-0.05, 0) is 19.1 Å². The molecule has 0 spiro atoms. The van der Waals surface area contributed by atoms with E-state index in [2.05, 4.69) is 0 Å². The molecule has 1 aromatic rings. The number of sulfonamides is 1. The van der Waals surface area contributed by atoms with E-state index in [1.807, 2.05) is 0 Å². The first-order valence-electron chi connectivity index (χ1n) is 5.25. The van der Waals surface area contributed by atoms with Crippen LogP contribution in [0.15, 0.2) is 24.3 Å². The highest BCUT2D eigenvalue weighted by Crippen LogP contribution is 2.29. The van der Waals surface area contributed by atoms with E-state index >= 15 is 0 Å². The average molecular weight is 272 g/mol. The highest BCUT2D eigenvalue weighted by atomic mass is 32.2. The Kier molecular flexibility index (Phi) is 4.55. The molecule has 0 bridgehead atoms. The maximum Gasteiger partial charge on any atom is 0.232 e. The van der Waals surface area contributed by atoms with Gasteiger partial charge in [0.2, 0.25) is 10.0 Å². The number of anilines is 1. The zero-order valence-electron chi connectivity index (χ0n) is 10.1. The second-order valence-corrected chi connectivity index (χ2v) is 5.45. The largest absolute Gasteiger partial charge is 0.548 e. The number of carboxylic acid groups (broad SMARTS) is 1. The molecular formula is C11H14NO5S-. The molecule has 0 amide bonds. The fraction of sp³-hybridized carbons (Fsp3) is 0.364. The van der Waals surface area contributed by atoms with Gasteiger partial charge >= 0.3 is 0 Å². The smallest absolute Gasteiger partial charge is 0.232 e. The lowest BCUT2D eigenvalue weighted by Crippen LogP contribution is -2.41. The molecule has 0 fully saturated rings. The zero-order valence-corrected chi connectivity index (χ0v) is 10.9. The SMILES string of the molecule is CCOc1ccccc1N(CC(=O)[O-])S(C)(=O)=O. The average Bonchev–Trinajstić information content (AvgIpc) is 2.26. The van der Waals surface area contributed by atoms with Crippen molar-refractivity contribution in [3.05, 3.63) is 24.3 Å². The molecule has 0 atom stereocenters. The minimum Gasteiger partial charge on any atom is -0.548 e. The van der Waals surface area contributed by atoms with E-state index in [1.165, 1.54) is 6.07 Å². The first kappa shape index (κ1) is 14.3. The van der Waals surface area contributed by atoms with E-state index in [4.69, 9.17) is 4.74 Å². The lowest BCUT2D eigenvalue weighted by Gasteiger charge is -2.24. The van der Waals surface area contributed by atoms with Gasteiger partial charge in [-0.1, -0.05) is 12.1 Å². The molecule has 0 heterocycles. The normalized spacial score (nSPS) is 11.0. The molecule has 100 valence electrons. The van der Waals surface area contributed by atoms with Gasteiger partial charge in [-0.25, -0.2) is 8.42 Å². The number of carbonyl (C=O) groups is 1. The molecule has 1 aromatic carbocycles. The summed E-state index contributed by atoms with van der Waals surface area (Å²) in [6.45, 7) is 1.35. The third-order valence-corrected chi connectivity index (χ3v) is 3.23. The molecule has 1 rings (SSSR count). The number of carboxylic acids is 1.